The van der Waals surface area contributed by atoms with Gasteiger partial charge in [-0.1, -0.05) is 11.6 Å². The molecule has 2 aliphatic heterocycles. The summed E-state index contributed by atoms with van der Waals surface area (Å²) in [7, 11) is 0. The minimum absolute atomic E-state index is 0.0327. The van der Waals surface area contributed by atoms with Crippen molar-refractivity contribution in [2.75, 3.05) is 29.4 Å². The summed E-state index contributed by atoms with van der Waals surface area (Å²) in [4.78, 5) is 31.9. The van der Waals surface area contributed by atoms with Gasteiger partial charge in [0.2, 0.25) is 5.91 Å². The Labute approximate surface area is 161 Å². The SMILES string of the molecule is O=C(C1CCN(c2ccc(Cl)cn2)CC1)N1CCc2cc([N+](=O)[O-])ccc21. The molecule has 0 unspecified atom stereocenters. The van der Waals surface area contributed by atoms with E-state index in [2.05, 4.69) is 9.88 Å². The average Bonchev–Trinajstić information content (AvgIpc) is 3.11. The van der Waals surface area contributed by atoms with Gasteiger partial charge in [-0.2, -0.15) is 0 Å². The van der Waals surface area contributed by atoms with Crippen molar-refractivity contribution < 1.29 is 9.72 Å². The molecule has 0 spiro atoms. The Morgan fingerprint density at radius 2 is 1.96 bits per heavy atom. The van der Waals surface area contributed by atoms with Gasteiger partial charge in [0.15, 0.2) is 0 Å². The van der Waals surface area contributed by atoms with Gasteiger partial charge in [0, 0.05) is 49.6 Å². The molecular weight excluding hydrogens is 368 g/mol. The van der Waals surface area contributed by atoms with Gasteiger partial charge in [0.05, 0.1) is 9.95 Å². The number of halogens is 1. The Morgan fingerprint density at radius 3 is 2.63 bits per heavy atom. The Balaban J connectivity index is 1.42. The predicted molar refractivity (Wildman–Crippen MR) is 103 cm³/mol. The summed E-state index contributed by atoms with van der Waals surface area (Å²) in [6, 6.07) is 8.47. The van der Waals surface area contributed by atoms with E-state index < -0.39 is 4.92 Å². The molecule has 1 amide bonds. The number of hydrogen-bond acceptors (Lipinski definition) is 5. The third-order valence-electron chi connectivity index (χ3n) is 5.32. The maximum absolute atomic E-state index is 13.0. The molecule has 140 valence electrons. The Morgan fingerprint density at radius 1 is 1.19 bits per heavy atom. The van der Waals surface area contributed by atoms with Gasteiger partial charge in [-0.25, -0.2) is 4.98 Å². The first-order chi connectivity index (χ1) is 13.0. The summed E-state index contributed by atoms with van der Waals surface area (Å²) in [6.07, 6.45) is 3.83. The largest absolute Gasteiger partial charge is 0.357 e. The van der Waals surface area contributed by atoms with Crippen LogP contribution < -0.4 is 9.80 Å². The van der Waals surface area contributed by atoms with Crippen LogP contribution in [-0.2, 0) is 11.2 Å². The first-order valence-electron chi connectivity index (χ1n) is 8.98. The fraction of sp³-hybridized carbons (Fsp3) is 0.368. The maximum atomic E-state index is 13.0. The van der Waals surface area contributed by atoms with Crippen molar-refractivity contribution in [3.63, 3.8) is 0 Å². The number of amides is 1. The van der Waals surface area contributed by atoms with Crippen molar-refractivity contribution in [2.24, 2.45) is 5.92 Å². The van der Waals surface area contributed by atoms with E-state index in [1.165, 1.54) is 6.07 Å². The molecule has 2 aliphatic rings. The molecule has 27 heavy (non-hydrogen) atoms. The van der Waals surface area contributed by atoms with E-state index in [-0.39, 0.29) is 17.5 Å². The van der Waals surface area contributed by atoms with Crippen molar-refractivity contribution in [1.82, 2.24) is 4.98 Å². The smallest absolute Gasteiger partial charge is 0.269 e. The lowest BCUT2D eigenvalue weighted by Crippen LogP contribution is -2.42. The summed E-state index contributed by atoms with van der Waals surface area (Å²) in [6.45, 7) is 2.13. The third-order valence-corrected chi connectivity index (χ3v) is 5.54. The number of nitro groups is 1. The molecule has 3 heterocycles. The number of non-ortho nitro benzene ring substituents is 1. The van der Waals surface area contributed by atoms with Crippen LogP contribution in [0.4, 0.5) is 17.2 Å². The normalized spacial score (nSPS) is 17.1. The molecule has 1 fully saturated rings. The molecule has 8 heteroatoms. The molecule has 4 rings (SSSR count). The molecule has 0 atom stereocenters. The number of piperidine rings is 1. The molecule has 1 saturated heterocycles. The number of carbonyl (C=O) groups is 1. The van der Waals surface area contributed by atoms with E-state index >= 15 is 0 Å². The number of anilines is 2. The maximum Gasteiger partial charge on any atom is 0.269 e. The Kier molecular flexibility index (Phi) is 4.70. The summed E-state index contributed by atoms with van der Waals surface area (Å²) in [5, 5.41) is 11.5. The number of rotatable bonds is 3. The lowest BCUT2D eigenvalue weighted by atomic mass is 9.95. The van der Waals surface area contributed by atoms with Crippen molar-refractivity contribution in [2.45, 2.75) is 19.3 Å². The van der Waals surface area contributed by atoms with E-state index in [0.717, 1.165) is 43.0 Å². The van der Waals surface area contributed by atoms with Crippen LogP contribution in [0.25, 0.3) is 0 Å². The molecule has 7 nitrogen and oxygen atoms in total. The monoisotopic (exact) mass is 386 g/mol. The predicted octanol–water partition coefficient (Wildman–Crippen LogP) is 3.45. The van der Waals surface area contributed by atoms with Crippen molar-refractivity contribution in [1.29, 1.82) is 0 Å². The molecule has 0 saturated carbocycles. The van der Waals surface area contributed by atoms with Crippen LogP contribution in [0.15, 0.2) is 36.5 Å². The van der Waals surface area contributed by atoms with E-state index in [9.17, 15) is 14.9 Å². The first-order valence-corrected chi connectivity index (χ1v) is 9.36. The number of nitro benzene ring substituents is 1. The molecule has 0 radical (unpaired) electrons. The molecule has 0 aliphatic carbocycles. The fourth-order valence-electron chi connectivity index (χ4n) is 3.86. The second-order valence-electron chi connectivity index (χ2n) is 6.91. The minimum atomic E-state index is -0.398. The van der Waals surface area contributed by atoms with E-state index in [0.29, 0.717) is 18.0 Å². The number of hydrogen-bond donors (Lipinski definition) is 0. The van der Waals surface area contributed by atoms with Crippen LogP contribution in [0, 0.1) is 16.0 Å². The summed E-state index contributed by atoms with van der Waals surface area (Å²) < 4.78 is 0. The lowest BCUT2D eigenvalue weighted by molar-refractivity contribution is -0.384. The highest BCUT2D eigenvalue weighted by Crippen LogP contribution is 2.34. The number of fused-ring (bicyclic) bond motifs is 1. The van der Waals surface area contributed by atoms with Crippen molar-refractivity contribution in [3.05, 3.63) is 57.2 Å². The van der Waals surface area contributed by atoms with Gasteiger partial charge in [-0.05, 0) is 43.0 Å². The van der Waals surface area contributed by atoms with Gasteiger partial charge in [0.1, 0.15) is 5.82 Å². The molecule has 1 aromatic heterocycles. The highest BCUT2D eigenvalue weighted by molar-refractivity contribution is 6.30. The van der Waals surface area contributed by atoms with Crippen LogP contribution in [-0.4, -0.2) is 35.4 Å². The molecule has 0 N–H and O–H groups in total. The van der Waals surface area contributed by atoms with E-state index in [4.69, 9.17) is 11.6 Å². The van der Waals surface area contributed by atoms with E-state index in [1.807, 2.05) is 12.1 Å². The summed E-state index contributed by atoms with van der Waals surface area (Å²) >= 11 is 5.89. The van der Waals surface area contributed by atoms with Crippen LogP contribution in [0.3, 0.4) is 0 Å². The highest BCUT2D eigenvalue weighted by atomic mass is 35.5. The minimum Gasteiger partial charge on any atom is -0.357 e. The van der Waals surface area contributed by atoms with Gasteiger partial charge in [0.25, 0.3) is 5.69 Å². The summed E-state index contributed by atoms with van der Waals surface area (Å²) in [5.74, 6) is 0.963. The number of nitrogens with zero attached hydrogens (tertiary/aromatic N) is 4. The second-order valence-corrected chi connectivity index (χ2v) is 7.34. The molecule has 1 aromatic carbocycles. The van der Waals surface area contributed by atoms with Crippen molar-refractivity contribution in [3.8, 4) is 0 Å². The Hall–Kier alpha value is -2.67. The molecule has 0 bridgehead atoms. The zero-order valence-corrected chi connectivity index (χ0v) is 15.4. The van der Waals surface area contributed by atoms with Crippen LogP contribution in [0.1, 0.15) is 18.4 Å². The standard InChI is InChI=1S/C19H19ClN4O3/c20-15-1-4-18(21-12-15)22-8-5-13(6-9-22)19(25)23-10-7-14-11-16(24(26)27)2-3-17(14)23/h1-4,11-13H,5-10H2. The third kappa shape index (κ3) is 3.47. The summed E-state index contributed by atoms with van der Waals surface area (Å²) in [5.41, 5.74) is 1.76. The number of benzene rings is 1. The second kappa shape index (κ2) is 7.15. The van der Waals surface area contributed by atoms with Gasteiger partial charge in [-0.15, -0.1) is 0 Å². The van der Waals surface area contributed by atoms with Gasteiger partial charge in [-0.3, -0.25) is 14.9 Å². The fourth-order valence-corrected chi connectivity index (χ4v) is 3.97. The number of aromatic nitrogens is 1. The molecular formula is C19H19ClN4O3. The number of carbonyl (C=O) groups excluding carboxylic acids is 1. The number of pyridine rings is 1. The van der Waals surface area contributed by atoms with Gasteiger partial charge < -0.3 is 9.80 Å². The zero-order valence-electron chi connectivity index (χ0n) is 14.7. The zero-order chi connectivity index (χ0) is 19.0. The first kappa shape index (κ1) is 17.7. The van der Waals surface area contributed by atoms with Crippen LogP contribution in [0.2, 0.25) is 5.02 Å². The lowest BCUT2D eigenvalue weighted by Gasteiger charge is -2.34. The van der Waals surface area contributed by atoms with E-state index in [1.54, 1.807) is 23.2 Å². The van der Waals surface area contributed by atoms with Crippen LogP contribution >= 0.6 is 11.6 Å². The molecule has 2 aromatic rings. The highest BCUT2D eigenvalue weighted by Gasteiger charge is 2.33. The topological polar surface area (TPSA) is 79.6 Å². The quantitative estimate of drug-likeness (QED) is 0.596. The van der Waals surface area contributed by atoms with Gasteiger partial charge >= 0.3 is 0 Å². The average molecular weight is 387 g/mol. The van der Waals surface area contributed by atoms with Crippen LogP contribution in [0.5, 0.6) is 0 Å². The Bertz CT molecular complexity index is 879. The van der Waals surface area contributed by atoms with Crippen molar-refractivity contribution >= 4 is 34.7 Å².